The lowest BCUT2D eigenvalue weighted by atomic mass is 10.0. The second kappa shape index (κ2) is 5.37. The van der Waals surface area contributed by atoms with Gasteiger partial charge in [0, 0.05) is 25.8 Å². The van der Waals surface area contributed by atoms with E-state index in [4.69, 9.17) is 17.3 Å². The number of carbonyl (C=O) groups excluding carboxylic acids is 1. The molecule has 0 radical (unpaired) electrons. The van der Waals surface area contributed by atoms with Gasteiger partial charge in [0.25, 0.3) is 5.91 Å². The first-order valence-electron chi connectivity index (χ1n) is 5.28. The fourth-order valence-electron chi connectivity index (χ4n) is 1.49. The number of carbonyl (C=O) groups is 1. The minimum atomic E-state index is -0.140. The first-order valence-corrected chi connectivity index (χ1v) is 5.66. The lowest BCUT2D eigenvalue weighted by Gasteiger charge is -2.20. The van der Waals surface area contributed by atoms with E-state index in [0.29, 0.717) is 23.2 Å². The molecule has 1 unspecified atom stereocenters. The average Bonchev–Trinajstić information content (AvgIpc) is 2.53. The molecule has 1 heterocycles. The molecular formula is C11H18ClN3O. The van der Waals surface area contributed by atoms with E-state index in [9.17, 15) is 4.79 Å². The smallest absolute Gasteiger partial charge is 0.268 e. The average molecular weight is 244 g/mol. The minimum Gasteiger partial charge on any atom is -0.347 e. The molecule has 5 heteroatoms. The molecule has 1 aromatic heterocycles. The number of nitrogens with one attached hydrogen (secondary N) is 1. The fraction of sp³-hybridized carbons (Fsp3) is 0.545. The number of hydrogen-bond acceptors (Lipinski definition) is 2. The van der Waals surface area contributed by atoms with Gasteiger partial charge in [0.05, 0.1) is 5.02 Å². The third-order valence-corrected chi connectivity index (χ3v) is 2.79. The maximum Gasteiger partial charge on any atom is 0.268 e. The molecule has 1 aromatic rings. The van der Waals surface area contributed by atoms with Crippen molar-refractivity contribution >= 4 is 17.5 Å². The summed E-state index contributed by atoms with van der Waals surface area (Å²) in [6.07, 6.45) is 1.70. The van der Waals surface area contributed by atoms with Gasteiger partial charge in [-0.1, -0.05) is 25.4 Å². The summed E-state index contributed by atoms with van der Waals surface area (Å²) < 4.78 is 1.70. The topological polar surface area (TPSA) is 60.0 Å². The van der Waals surface area contributed by atoms with Gasteiger partial charge in [-0.3, -0.25) is 4.79 Å². The molecule has 3 N–H and O–H groups in total. The monoisotopic (exact) mass is 243 g/mol. The molecule has 0 aromatic carbocycles. The zero-order valence-corrected chi connectivity index (χ0v) is 10.6. The zero-order chi connectivity index (χ0) is 12.3. The standard InChI is InChI=1S/C11H18ClN3O/c1-7(2)9(5-13)14-11(16)10-4-8(12)6-15(10)3/h4,6-7,9H,5,13H2,1-3H3,(H,14,16). The van der Waals surface area contributed by atoms with Gasteiger partial charge in [-0.25, -0.2) is 0 Å². The lowest BCUT2D eigenvalue weighted by Crippen LogP contribution is -2.44. The van der Waals surface area contributed by atoms with Gasteiger partial charge in [-0.2, -0.15) is 0 Å². The second-order valence-corrected chi connectivity index (χ2v) is 4.65. The molecule has 0 saturated heterocycles. The van der Waals surface area contributed by atoms with Crippen LogP contribution < -0.4 is 11.1 Å². The van der Waals surface area contributed by atoms with Gasteiger partial charge in [0.2, 0.25) is 0 Å². The Morgan fingerprint density at radius 3 is 2.62 bits per heavy atom. The highest BCUT2D eigenvalue weighted by atomic mass is 35.5. The van der Waals surface area contributed by atoms with Crippen LogP contribution in [-0.2, 0) is 7.05 Å². The van der Waals surface area contributed by atoms with Crippen LogP contribution in [0.15, 0.2) is 12.3 Å². The van der Waals surface area contributed by atoms with Crippen molar-refractivity contribution in [2.24, 2.45) is 18.7 Å². The number of nitrogens with zero attached hydrogens (tertiary/aromatic N) is 1. The summed E-state index contributed by atoms with van der Waals surface area (Å²) in [5.41, 5.74) is 6.14. The van der Waals surface area contributed by atoms with Crippen molar-refractivity contribution in [3.8, 4) is 0 Å². The Balaban J connectivity index is 2.75. The normalized spacial score (nSPS) is 12.9. The molecule has 90 valence electrons. The van der Waals surface area contributed by atoms with Gasteiger partial charge < -0.3 is 15.6 Å². The summed E-state index contributed by atoms with van der Waals surface area (Å²) in [5.74, 6) is 0.170. The molecule has 0 aliphatic rings. The third kappa shape index (κ3) is 3.00. The Labute approximate surface area is 101 Å². The first kappa shape index (κ1) is 13.1. The quantitative estimate of drug-likeness (QED) is 0.840. The summed E-state index contributed by atoms with van der Waals surface area (Å²) in [7, 11) is 1.79. The Morgan fingerprint density at radius 1 is 1.62 bits per heavy atom. The molecule has 0 spiro atoms. The van der Waals surface area contributed by atoms with Crippen LogP contribution in [0.3, 0.4) is 0 Å². The van der Waals surface area contributed by atoms with Crippen molar-refractivity contribution in [3.05, 3.63) is 23.0 Å². The number of nitrogens with two attached hydrogens (primary N) is 1. The summed E-state index contributed by atoms with van der Waals surface area (Å²) in [5, 5.41) is 3.45. The molecule has 0 aliphatic carbocycles. The highest BCUT2D eigenvalue weighted by Crippen LogP contribution is 2.13. The van der Waals surface area contributed by atoms with Gasteiger partial charge >= 0.3 is 0 Å². The van der Waals surface area contributed by atoms with E-state index in [1.807, 2.05) is 13.8 Å². The molecule has 0 bridgehead atoms. The van der Waals surface area contributed by atoms with Gasteiger partial charge in [-0.15, -0.1) is 0 Å². The number of aryl methyl sites for hydroxylation is 1. The first-order chi connectivity index (χ1) is 7.45. The van der Waals surface area contributed by atoms with Crippen LogP contribution in [0.1, 0.15) is 24.3 Å². The predicted octanol–water partition coefficient (Wildman–Crippen LogP) is 1.39. The molecular weight excluding hydrogens is 226 g/mol. The molecule has 4 nitrogen and oxygen atoms in total. The predicted molar refractivity (Wildman–Crippen MR) is 65.6 cm³/mol. The molecule has 0 saturated carbocycles. The van der Waals surface area contributed by atoms with E-state index < -0.39 is 0 Å². The Morgan fingerprint density at radius 2 is 2.25 bits per heavy atom. The molecule has 1 amide bonds. The van der Waals surface area contributed by atoms with E-state index >= 15 is 0 Å². The number of rotatable bonds is 4. The van der Waals surface area contributed by atoms with Crippen LogP contribution in [0.2, 0.25) is 5.02 Å². The summed E-state index contributed by atoms with van der Waals surface area (Å²) in [6, 6.07) is 1.63. The number of aromatic nitrogens is 1. The third-order valence-electron chi connectivity index (χ3n) is 2.58. The van der Waals surface area contributed by atoms with Crippen molar-refractivity contribution in [2.75, 3.05) is 6.54 Å². The van der Waals surface area contributed by atoms with Crippen molar-refractivity contribution in [2.45, 2.75) is 19.9 Å². The maximum absolute atomic E-state index is 11.9. The van der Waals surface area contributed by atoms with E-state index in [1.165, 1.54) is 0 Å². The highest BCUT2D eigenvalue weighted by Gasteiger charge is 2.17. The van der Waals surface area contributed by atoms with E-state index in [-0.39, 0.29) is 11.9 Å². The summed E-state index contributed by atoms with van der Waals surface area (Å²) >= 11 is 5.82. The van der Waals surface area contributed by atoms with E-state index in [1.54, 1.807) is 23.9 Å². The molecule has 16 heavy (non-hydrogen) atoms. The fourth-order valence-corrected chi connectivity index (χ4v) is 1.74. The van der Waals surface area contributed by atoms with E-state index in [2.05, 4.69) is 5.32 Å². The van der Waals surface area contributed by atoms with Crippen LogP contribution in [0.4, 0.5) is 0 Å². The molecule has 1 atom stereocenters. The molecule has 1 rings (SSSR count). The summed E-state index contributed by atoms with van der Waals surface area (Å²) in [6.45, 7) is 4.48. The highest BCUT2D eigenvalue weighted by molar-refractivity contribution is 6.31. The largest absolute Gasteiger partial charge is 0.347 e. The molecule has 0 aliphatic heterocycles. The van der Waals surface area contributed by atoms with Crippen LogP contribution in [0.5, 0.6) is 0 Å². The van der Waals surface area contributed by atoms with Crippen molar-refractivity contribution in [3.63, 3.8) is 0 Å². The van der Waals surface area contributed by atoms with Gasteiger partial charge in [0.1, 0.15) is 5.69 Å². The zero-order valence-electron chi connectivity index (χ0n) is 9.83. The van der Waals surface area contributed by atoms with E-state index in [0.717, 1.165) is 0 Å². The Kier molecular flexibility index (Phi) is 4.38. The van der Waals surface area contributed by atoms with Crippen LogP contribution in [0.25, 0.3) is 0 Å². The SMILES string of the molecule is CC(C)C(CN)NC(=O)c1cc(Cl)cn1C. The molecule has 0 fully saturated rings. The maximum atomic E-state index is 11.9. The van der Waals surface area contributed by atoms with Crippen molar-refractivity contribution in [1.29, 1.82) is 0 Å². The lowest BCUT2D eigenvalue weighted by molar-refractivity contribution is 0.0919. The van der Waals surface area contributed by atoms with Crippen molar-refractivity contribution < 1.29 is 4.79 Å². The number of halogens is 1. The summed E-state index contributed by atoms with van der Waals surface area (Å²) in [4.78, 5) is 11.9. The van der Waals surface area contributed by atoms with Crippen molar-refractivity contribution in [1.82, 2.24) is 9.88 Å². The number of amides is 1. The van der Waals surface area contributed by atoms with Gasteiger partial charge in [0.15, 0.2) is 0 Å². The Hall–Kier alpha value is -1.00. The minimum absolute atomic E-state index is 0.0128. The van der Waals surface area contributed by atoms with Crippen LogP contribution in [-0.4, -0.2) is 23.1 Å². The van der Waals surface area contributed by atoms with Crippen LogP contribution in [0, 0.1) is 5.92 Å². The Bertz CT molecular complexity index is 373. The van der Waals surface area contributed by atoms with Crippen LogP contribution >= 0.6 is 11.6 Å². The van der Waals surface area contributed by atoms with Gasteiger partial charge in [-0.05, 0) is 12.0 Å². The second-order valence-electron chi connectivity index (χ2n) is 4.21. The number of hydrogen-bond donors (Lipinski definition) is 2.